The van der Waals surface area contributed by atoms with Crippen molar-refractivity contribution >= 4 is 29.8 Å². The van der Waals surface area contributed by atoms with Gasteiger partial charge in [-0.15, -0.1) is 5.01 Å². The van der Waals surface area contributed by atoms with E-state index in [4.69, 9.17) is 14.2 Å². The number of rotatable bonds is 6. The number of likely N-dealkylation sites (tertiary alicyclic amines) is 1. The molecule has 12 heteroatoms. The monoisotopic (exact) mass is 597 g/mol. The van der Waals surface area contributed by atoms with Crippen LogP contribution in [0.1, 0.15) is 71.5 Å². The van der Waals surface area contributed by atoms with E-state index in [1.165, 1.54) is 25.0 Å². The number of amides is 4. The molecule has 2 atom stereocenters. The number of aryl methyl sites for hydroxylation is 2. The van der Waals surface area contributed by atoms with E-state index in [-0.39, 0.29) is 24.1 Å². The number of hydrogen-bond acceptors (Lipinski definition) is 9. The summed E-state index contributed by atoms with van der Waals surface area (Å²) < 4.78 is 15.7. The fourth-order valence-electron chi connectivity index (χ4n) is 5.03. The third-order valence-corrected chi connectivity index (χ3v) is 6.94. The van der Waals surface area contributed by atoms with Crippen molar-refractivity contribution in [3.63, 3.8) is 0 Å². The van der Waals surface area contributed by atoms with E-state index in [1.54, 1.807) is 52.0 Å². The van der Waals surface area contributed by atoms with Crippen LogP contribution in [0.4, 0.5) is 4.79 Å². The van der Waals surface area contributed by atoms with Gasteiger partial charge in [0, 0.05) is 36.6 Å². The van der Waals surface area contributed by atoms with Crippen LogP contribution in [-0.2, 0) is 19.1 Å². The Balaban J connectivity index is 1.98. The highest BCUT2D eigenvalue weighted by atomic mass is 16.7. The Hall–Kier alpha value is -4.45. The maximum Gasteiger partial charge on any atom is 0.439 e. The van der Waals surface area contributed by atoms with Crippen molar-refractivity contribution < 1.29 is 43.3 Å². The summed E-state index contributed by atoms with van der Waals surface area (Å²) in [6.45, 7) is 10.6. The van der Waals surface area contributed by atoms with E-state index >= 15 is 0 Å². The molecule has 1 aliphatic heterocycles. The van der Waals surface area contributed by atoms with Gasteiger partial charge in [0.1, 0.15) is 11.8 Å². The van der Waals surface area contributed by atoms with Gasteiger partial charge >= 0.3 is 12.1 Å². The van der Waals surface area contributed by atoms with E-state index in [0.29, 0.717) is 16.3 Å². The largest absolute Gasteiger partial charge is 0.496 e. The number of aliphatic hydroxyl groups is 1. The van der Waals surface area contributed by atoms with E-state index in [1.807, 2.05) is 19.9 Å². The van der Waals surface area contributed by atoms with Gasteiger partial charge in [-0.05, 0) is 65.8 Å². The minimum atomic E-state index is -1.28. The molecule has 2 aromatic carbocycles. The van der Waals surface area contributed by atoms with E-state index in [0.717, 1.165) is 16.1 Å². The SMILES string of the molecule is COc1cccc(C(=O)N(C(=O)OCOC(=O)C2CC(O)CN2C(C)=O)N(C(=O)c2cc(C)cc(C)c2)C(C)(C)C)c1C. The number of hydrazine groups is 1. The van der Waals surface area contributed by atoms with Crippen LogP contribution in [0.15, 0.2) is 36.4 Å². The zero-order valence-corrected chi connectivity index (χ0v) is 25.8. The normalized spacial score (nSPS) is 16.3. The van der Waals surface area contributed by atoms with Gasteiger partial charge in [-0.3, -0.25) is 14.4 Å². The first-order valence-corrected chi connectivity index (χ1v) is 13.8. The van der Waals surface area contributed by atoms with Gasteiger partial charge < -0.3 is 24.2 Å². The smallest absolute Gasteiger partial charge is 0.439 e. The Morgan fingerprint density at radius 2 is 1.60 bits per heavy atom. The number of aliphatic hydroxyl groups excluding tert-OH is 1. The highest BCUT2D eigenvalue weighted by molar-refractivity contribution is 6.07. The van der Waals surface area contributed by atoms with Gasteiger partial charge in [0.2, 0.25) is 12.7 Å². The fourth-order valence-corrected chi connectivity index (χ4v) is 5.03. The number of imide groups is 1. The molecule has 43 heavy (non-hydrogen) atoms. The van der Waals surface area contributed by atoms with Crippen molar-refractivity contribution in [2.45, 2.75) is 72.6 Å². The molecule has 4 amide bonds. The molecule has 0 bridgehead atoms. The zero-order valence-electron chi connectivity index (χ0n) is 25.8. The van der Waals surface area contributed by atoms with Crippen LogP contribution in [0.2, 0.25) is 0 Å². The summed E-state index contributed by atoms with van der Waals surface area (Å²) in [6, 6.07) is 8.86. The highest BCUT2D eigenvalue weighted by Crippen LogP contribution is 2.28. The highest BCUT2D eigenvalue weighted by Gasteiger charge is 2.42. The standard InChI is InChI=1S/C31H39N3O9/c1-18-12-19(2)14-22(13-18)27(37)34(31(5,6)7)33(28(38)24-10-9-11-26(41-8)20(24)3)30(40)43-17-42-29(39)25-15-23(36)16-32(25)21(4)35/h9-14,23,25,36H,15-17H2,1-8H3. The van der Waals surface area contributed by atoms with Crippen molar-refractivity contribution in [1.29, 1.82) is 0 Å². The Labute approximate surface area is 251 Å². The summed E-state index contributed by atoms with van der Waals surface area (Å²) in [5.41, 5.74) is 1.25. The van der Waals surface area contributed by atoms with E-state index in [2.05, 4.69) is 0 Å². The van der Waals surface area contributed by atoms with Crippen molar-refractivity contribution in [3.05, 3.63) is 64.2 Å². The minimum Gasteiger partial charge on any atom is -0.496 e. The van der Waals surface area contributed by atoms with Crippen LogP contribution in [0.25, 0.3) is 0 Å². The summed E-state index contributed by atoms with van der Waals surface area (Å²) in [7, 11) is 1.44. The first kappa shape index (κ1) is 33.1. The molecule has 1 aliphatic rings. The molecule has 1 saturated heterocycles. The number of esters is 1. The van der Waals surface area contributed by atoms with Crippen LogP contribution in [0.3, 0.4) is 0 Å². The second-order valence-corrected chi connectivity index (χ2v) is 11.5. The Morgan fingerprint density at radius 3 is 2.16 bits per heavy atom. The number of ether oxygens (including phenoxy) is 3. The third kappa shape index (κ3) is 7.50. The maximum absolute atomic E-state index is 14.1. The molecule has 1 fully saturated rings. The van der Waals surface area contributed by atoms with Crippen molar-refractivity contribution in [1.82, 2.24) is 14.9 Å². The lowest BCUT2D eigenvalue weighted by molar-refractivity contribution is -0.161. The van der Waals surface area contributed by atoms with E-state index < -0.39 is 54.3 Å². The third-order valence-electron chi connectivity index (χ3n) is 6.94. The molecule has 0 radical (unpaired) electrons. The average Bonchev–Trinajstić information content (AvgIpc) is 3.32. The lowest BCUT2D eigenvalue weighted by atomic mass is 10.0. The van der Waals surface area contributed by atoms with Gasteiger partial charge in [0.15, 0.2) is 0 Å². The molecular weight excluding hydrogens is 558 g/mol. The topological polar surface area (TPSA) is 143 Å². The van der Waals surface area contributed by atoms with Crippen LogP contribution >= 0.6 is 0 Å². The number of hydrogen-bond donors (Lipinski definition) is 1. The van der Waals surface area contributed by atoms with Crippen molar-refractivity contribution in [2.75, 3.05) is 20.4 Å². The summed E-state index contributed by atoms with van der Waals surface area (Å²) in [5.74, 6) is -2.43. The Kier molecular flexibility index (Phi) is 10.2. The summed E-state index contributed by atoms with van der Waals surface area (Å²) >= 11 is 0. The summed E-state index contributed by atoms with van der Waals surface area (Å²) in [5, 5.41) is 11.5. The molecule has 0 aliphatic carbocycles. The Morgan fingerprint density at radius 1 is 0.977 bits per heavy atom. The molecule has 2 unspecified atom stereocenters. The number of methoxy groups -OCH3 is 1. The molecule has 1 heterocycles. The lowest BCUT2D eigenvalue weighted by Gasteiger charge is -2.41. The number of β-amino-alcohol motifs (C(OH)–C–C–N with tert-alkyl or cyclic N) is 1. The average molecular weight is 598 g/mol. The molecule has 0 aromatic heterocycles. The van der Waals surface area contributed by atoms with E-state index in [9.17, 15) is 29.1 Å². The molecule has 2 aromatic rings. The zero-order chi connectivity index (χ0) is 32.2. The van der Waals surface area contributed by atoms with Gasteiger partial charge in [-0.1, -0.05) is 23.3 Å². The summed E-state index contributed by atoms with van der Waals surface area (Å²) in [4.78, 5) is 67.5. The predicted octanol–water partition coefficient (Wildman–Crippen LogP) is 3.54. The van der Waals surface area contributed by atoms with Gasteiger partial charge in [0.25, 0.3) is 11.8 Å². The molecular formula is C31H39N3O9. The molecule has 232 valence electrons. The van der Waals surface area contributed by atoms with Crippen LogP contribution < -0.4 is 4.74 Å². The number of nitrogens with zero attached hydrogens (tertiary/aromatic N) is 3. The quantitative estimate of drug-likeness (QED) is 0.300. The first-order chi connectivity index (χ1) is 20.1. The van der Waals surface area contributed by atoms with Crippen molar-refractivity contribution in [3.8, 4) is 5.75 Å². The van der Waals surface area contributed by atoms with Crippen LogP contribution in [0.5, 0.6) is 5.75 Å². The molecule has 1 N–H and O–H groups in total. The summed E-state index contributed by atoms with van der Waals surface area (Å²) in [6.07, 6.45) is -2.21. The first-order valence-electron chi connectivity index (χ1n) is 13.8. The Bertz CT molecular complexity index is 1400. The minimum absolute atomic E-state index is 0.0296. The molecule has 0 saturated carbocycles. The van der Waals surface area contributed by atoms with Crippen LogP contribution in [0, 0.1) is 20.8 Å². The van der Waals surface area contributed by atoms with Crippen LogP contribution in [-0.4, -0.2) is 87.9 Å². The maximum atomic E-state index is 14.1. The predicted molar refractivity (Wildman–Crippen MR) is 155 cm³/mol. The number of carbonyl (C=O) groups is 5. The van der Waals surface area contributed by atoms with Gasteiger partial charge in [-0.2, -0.15) is 0 Å². The van der Waals surface area contributed by atoms with Gasteiger partial charge in [0.05, 0.1) is 18.8 Å². The van der Waals surface area contributed by atoms with Gasteiger partial charge in [-0.25, -0.2) is 14.6 Å². The molecule has 0 spiro atoms. The van der Waals surface area contributed by atoms with Crippen molar-refractivity contribution in [2.24, 2.45) is 0 Å². The second kappa shape index (κ2) is 13.2. The molecule has 12 nitrogen and oxygen atoms in total. The number of benzene rings is 2. The molecule has 3 rings (SSSR count). The lowest BCUT2D eigenvalue weighted by Crippen LogP contribution is -2.60. The number of carbonyl (C=O) groups excluding carboxylic acids is 5. The second-order valence-electron chi connectivity index (χ2n) is 11.5. The fraction of sp³-hybridized carbons (Fsp3) is 0.452.